The van der Waals surface area contributed by atoms with E-state index < -0.39 is 12.6 Å². The summed E-state index contributed by atoms with van der Waals surface area (Å²) < 4.78 is 41.9. The number of hydrogen-bond donors (Lipinski definition) is 2. The van der Waals surface area contributed by atoms with E-state index in [4.69, 9.17) is 4.52 Å². The Morgan fingerprint density at radius 3 is 2.70 bits per heavy atom. The molecule has 1 aromatic carbocycles. The highest BCUT2D eigenvalue weighted by Crippen LogP contribution is 2.19. The predicted molar refractivity (Wildman–Crippen MR) is 108 cm³/mol. The van der Waals surface area contributed by atoms with E-state index in [1.54, 1.807) is 0 Å². The fourth-order valence-electron chi connectivity index (χ4n) is 2.24. The minimum absolute atomic E-state index is 0. The first-order valence-corrected chi connectivity index (χ1v) is 8.34. The Kier molecular flexibility index (Phi) is 9.53. The second-order valence-corrected chi connectivity index (χ2v) is 5.68. The maximum atomic E-state index is 12.2. The van der Waals surface area contributed by atoms with E-state index >= 15 is 0 Å². The van der Waals surface area contributed by atoms with Gasteiger partial charge in [-0.25, -0.2) is 0 Å². The van der Waals surface area contributed by atoms with Gasteiger partial charge < -0.3 is 15.2 Å². The highest BCUT2D eigenvalue weighted by molar-refractivity contribution is 14.0. The van der Waals surface area contributed by atoms with Gasteiger partial charge in [0.2, 0.25) is 0 Å². The number of guanidine groups is 1. The number of hydrogen-bond acceptors (Lipinski definition) is 4. The molecule has 2 rings (SSSR count). The molecule has 0 bridgehead atoms. The second kappa shape index (κ2) is 11.1. The SMILES string of the molecule is CCCc1noc(-c2cccc(CNC(=NC)NCCC(F)(F)F)c2)n1.I. The number of rotatable bonds is 7. The molecule has 0 aliphatic carbocycles. The summed E-state index contributed by atoms with van der Waals surface area (Å²) in [6, 6.07) is 7.50. The van der Waals surface area contributed by atoms with Gasteiger partial charge >= 0.3 is 6.18 Å². The summed E-state index contributed by atoms with van der Waals surface area (Å²) in [5.41, 5.74) is 1.70. The first-order valence-electron chi connectivity index (χ1n) is 8.34. The van der Waals surface area contributed by atoms with Crippen molar-refractivity contribution in [1.29, 1.82) is 0 Å². The molecule has 0 aliphatic rings. The Morgan fingerprint density at radius 2 is 2.04 bits per heavy atom. The summed E-state index contributed by atoms with van der Waals surface area (Å²) in [4.78, 5) is 8.26. The summed E-state index contributed by atoms with van der Waals surface area (Å²) >= 11 is 0. The number of nitrogens with one attached hydrogen (secondary N) is 2. The molecular formula is C17H23F3IN5O. The number of aryl methyl sites for hydroxylation is 1. The van der Waals surface area contributed by atoms with Crippen molar-refractivity contribution in [2.45, 2.75) is 38.9 Å². The van der Waals surface area contributed by atoms with Gasteiger partial charge in [-0.3, -0.25) is 4.99 Å². The Morgan fingerprint density at radius 1 is 1.26 bits per heavy atom. The zero-order valence-electron chi connectivity index (χ0n) is 15.1. The maximum Gasteiger partial charge on any atom is 0.390 e. The zero-order chi connectivity index (χ0) is 19.0. The molecule has 2 aromatic rings. The van der Waals surface area contributed by atoms with Gasteiger partial charge in [0.15, 0.2) is 11.8 Å². The van der Waals surface area contributed by atoms with Crippen LogP contribution in [0.25, 0.3) is 11.5 Å². The number of nitrogens with zero attached hydrogens (tertiary/aromatic N) is 3. The van der Waals surface area contributed by atoms with Crippen LogP contribution in [-0.4, -0.2) is 35.9 Å². The van der Waals surface area contributed by atoms with Crippen LogP contribution in [0.1, 0.15) is 31.2 Å². The molecule has 0 saturated carbocycles. The molecule has 0 spiro atoms. The highest BCUT2D eigenvalue weighted by Gasteiger charge is 2.26. The van der Waals surface area contributed by atoms with Gasteiger partial charge in [-0.1, -0.05) is 24.2 Å². The minimum atomic E-state index is -4.19. The summed E-state index contributed by atoms with van der Waals surface area (Å²) in [5.74, 6) is 1.42. The van der Waals surface area contributed by atoms with Gasteiger partial charge in [-0.2, -0.15) is 18.2 Å². The van der Waals surface area contributed by atoms with E-state index in [0.29, 0.717) is 24.2 Å². The average molecular weight is 497 g/mol. The highest BCUT2D eigenvalue weighted by atomic mass is 127. The quantitative estimate of drug-likeness (QED) is 0.345. The second-order valence-electron chi connectivity index (χ2n) is 5.68. The lowest BCUT2D eigenvalue weighted by molar-refractivity contribution is -0.132. The summed E-state index contributed by atoms with van der Waals surface area (Å²) in [6.07, 6.45) is -3.42. The van der Waals surface area contributed by atoms with Crippen molar-refractivity contribution in [2.24, 2.45) is 4.99 Å². The fourth-order valence-corrected chi connectivity index (χ4v) is 2.24. The third-order valence-electron chi connectivity index (χ3n) is 3.50. The molecule has 27 heavy (non-hydrogen) atoms. The van der Waals surface area contributed by atoms with Crippen LogP contribution in [-0.2, 0) is 13.0 Å². The standard InChI is InChI=1S/C17H22F3N5O.HI/c1-3-5-14-24-15(26-25-14)13-7-4-6-12(10-13)11-23-16(21-2)22-9-8-17(18,19)20;/h4,6-7,10H,3,5,8-9,11H2,1-2H3,(H2,21,22,23);1H. The van der Waals surface area contributed by atoms with Crippen molar-refractivity contribution in [1.82, 2.24) is 20.8 Å². The van der Waals surface area contributed by atoms with Gasteiger partial charge in [0.05, 0.1) is 6.42 Å². The van der Waals surface area contributed by atoms with Gasteiger partial charge in [0.25, 0.3) is 5.89 Å². The van der Waals surface area contributed by atoms with Gasteiger partial charge in [-0.15, -0.1) is 24.0 Å². The zero-order valence-corrected chi connectivity index (χ0v) is 17.5. The fraction of sp³-hybridized carbons (Fsp3) is 0.471. The Labute approximate surface area is 173 Å². The molecule has 0 saturated heterocycles. The average Bonchev–Trinajstić information content (AvgIpc) is 3.06. The number of halogens is 4. The topological polar surface area (TPSA) is 75.3 Å². The van der Waals surface area contributed by atoms with E-state index in [0.717, 1.165) is 24.0 Å². The minimum Gasteiger partial charge on any atom is -0.356 e. The lowest BCUT2D eigenvalue weighted by Gasteiger charge is -2.13. The van der Waals surface area contributed by atoms with E-state index in [2.05, 4.69) is 25.8 Å². The molecule has 0 atom stereocenters. The van der Waals surface area contributed by atoms with Crippen molar-refractivity contribution in [3.8, 4) is 11.5 Å². The number of aliphatic imine (C=N–C) groups is 1. The van der Waals surface area contributed by atoms with Gasteiger partial charge in [-0.05, 0) is 24.1 Å². The third kappa shape index (κ3) is 8.14. The summed E-state index contributed by atoms with van der Waals surface area (Å²) in [6.45, 7) is 2.21. The van der Waals surface area contributed by atoms with Crippen molar-refractivity contribution in [3.63, 3.8) is 0 Å². The monoisotopic (exact) mass is 497 g/mol. The van der Waals surface area contributed by atoms with Crippen LogP contribution in [0.5, 0.6) is 0 Å². The Bertz CT molecular complexity index is 733. The van der Waals surface area contributed by atoms with E-state index in [9.17, 15) is 13.2 Å². The van der Waals surface area contributed by atoms with Crippen LogP contribution >= 0.6 is 24.0 Å². The van der Waals surface area contributed by atoms with Crippen LogP contribution in [0, 0.1) is 0 Å². The van der Waals surface area contributed by atoms with Crippen LogP contribution in [0.2, 0.25) is 0 Å². The van der Waals surface area contributed by atoms with Crippen LogP contribution in [0.15, 0.2) is 33.8 Å². The molecule has 0 fully saturated rings. The van der Waals surface area contributed by atoms with E-state index in [1.807, 2.05) is 31.2 Å². The molecule has 1 aromatic heterocycles. The first-order chi connectivity index (χ1) is 12.4. The lowest BCUT2D eigenvalue weighted by atomic mass is 10.1. The predicted octanol–water partition coefficient (Wildman–Crippen LogP) is 3.92. The third-order valence-corrected chi connectivity index (χ3v) is 3.50. The maximum absolute atomic E-state index is 12.2. The van der Waals surface area contributed by atoms with Crippen molar-refractivity contribution in [3.05, 3.63) is 35.7 Å². The number of alkyl halides is 3. The molecule has 2 N–H and O–H groups in total. The van der Waals surface area contributed by atoms with Gasteiger partial charge in [0, 0.05) is 32.1 Å². The van der Waals surface area contributed by atoms with Crippen molar-refractivity contribution in [2.75, 3.05) is 13.6 Å². The number of aromatic nitrogens is 2. The molecule has 0 unspecified atom stereocenters. The lowest BCUT2D eigenvalue weighted by Crippen LogP contribution is -2.38. The molecule has 6 nitrogen and oxygen atoms in total. The van der Waals surface area contributed by atoms with Gasteiger partial charge in [0.1, 0.15) is 0 Å². The smallest absolute Gasteiger partial charge is 0.356 e. The van der Waals surface area contributed by atoms with Crippen molar-refractivity contribution < 1.29 is 17.7 Å². The molecule has 0 radical (unpaired) electrons. The van der Waals surface area contributed by atoms with Crippen molar-refractivity contribution >= 4 is 29.9 Å². The molecular weight excluding hydrogens is 474 g/mol. The molecule has 10 heteroatoms. The van der Waals surface area contributed by atoms with Crippen LogP contribution in [0.4, 0.5) is 13.2 Å². The molecule has 0 amide bonds. The van der Waals surface area contributed by atoms with Crippen LogP contribution in [0.3, 0.4) is 0 Å². The van der Waals surface area contributed by atoms with Crippen LogP contribution < -0.4 is 10.6 Å². The van der Waals surface area contributed by atoms with E-state index in [1.165, 1.54) is 7.05 Å². The van der Waals surface area contributed by atoms with E-state index in [-0.39, 0.29) is 30.5 Å². The first kappa shape index (κ1) is 23.2. The Balaban J connectivity index is 0.00000364. The largest absolute Gasteiger partial charge is 0.390 e. The molecule has 0 aliphatic heterocycles. The number of benzene rings is 1. The Hall–Kier alpha value is -1.85. The summed E-state index contributed by atoms with van der Waals surface area (Å²) in [7, 11) is 1.51. The molecule has 150 valence electrons. The normalized spacial score (nSPS) is 11.8. The summed E-state index contributed by atoms with van der Waals surface area (Å²) in [5, 5.41) is 9.55. The molecule has 1 heterocycles.